The van der Waals surface area contributed by atoms with E-state index in [1.807, 2.05) is 13.0 Å². The van der Waals surface area contributed by atoms with Gasteiger partial charge in [0.25, 0.3) is 11.5 Å². The lowest BCUT2D eigenvalue weighted by molar-refractivity contribution is -0.121. The number of amides is 2. The van der Waals surface area contributed by atoms with Crippen molar-refractivity contribution in [2.75, 3.05) is 7.05 Å². The van der Waals surface area contributed by atoms with Gasteiger partial charge in [0.1, 0.15) is 6.54 Å². The SMILES string of the molecule is CNC(=O)c1ccc(CNC(=O)Cn2cnc3c(C)cccc3c2=O)cc1. The Labute approximate surface area is 156 Å². The summed E-state index contributed by atoms with van der Waals surface area (Å²) >= 11 is 0. The molecule has 0 bridgehead atoms. The summed E-state index contributed by atoms with van der Waals surface area (Å²) in [5, 5.41) is 5.82. The quantitative estimate of drug-likeness (QED) is 0.715. The maximum Gasteiger partial charge on any atom is 0.261 e. The van der Waals surface area contributed by atoms with E-state index in [1.165, 1.54) is 10.9 Å². The molecule has 0 radical (unpaired) electrons. The van der Waals surface area contributed by atoms with Crippen LogP contribution in [0.5, 0.6) is 0 Å². The molecule has 1 aromatic heterocycles. The number of aryl methyl sites for hydroxylation is 1. The van der Waals surface area contributed by atoms with Crippen LogP contribution in [0.1, 0.15) is 21.5 Å². The molecule has 0 saturated carbocycles. The van der Waals surface area contributed by atoms with Crippen molar-refractivity contribution in [1.29, 1.82) is 0 Å². The lowest BCUT2D eigenvalue weighted by Gasteiger charge is -2.09. The third-order valence-corrected chi connectivity index (χ3v) is 4.30. The van der Waals surface area contributed by atoms with Gasteiger partial charge in [-0.15, -0.1) is 0 Å². The van der Waals surface area contributed by atoms with Crippen molar-refractivity contribution < 1.29 is 9.59 Å². The lowest BCUT2D eigenvalue weighted by Crippen LogP contribution is -2.32. The summed E-state index contributed by atoms with van der Waals surface area (Å²) in [7, 11) is 1.57. The molecule has 0 aliphatic carbocycles. The van der Waals surface area contributed by atoms with Gasteiger partial charge in [0, 0.05) is 19.2 Å². The Kier molecular flexibility index (Phi) is 5.30. The highest BCUT2D eigenvalue weighted by Crippen LogP contribution is 2.11. The Balaban J connectivity index is 1.66. The van der Waals surface area contributed by atoms with Gasteiger partial charge in [-0.05, 0) is 36.2 Å². The fourth-order valence-electron chi connectivity index (χ4n) is 2.78. The topological polar surface area (TPSA) is 93.1 Å². The zero-order valence-corrected chi connectivity index (χ0v) is 15.2. The molecule has 7 heteroatoms. The largest absolute Gasteiger partial charge is 0.355 e. The summed E-state index contributed by atoms with van der Waals surface area (Å²) in [5.74, 6) is -0.453. The molecule has 2 N–H and O–H groups in total. The van der Waals surface area contributed by atoms with Gasteiger partial charge < -0.3 is 10.6 Å². The van der Waals surface area contributed by atoms with Crippen LogP contribution in [0.2, 0.25) is 0 Å². The number of benzene rings is 2. The molecule has 3 rings (SSSR count). The van der Waals surface area contributed by atoms with E-state index in [-0.39, 0.29) is 23.9 Å². The highest BCUT2D eigenvalue weighted by molar-refractivity contribution is 5.93. The first-order valence-corrected chi connectivity index (χ1v) is 8.52. The van der Waals surface area contributed by atoms with Crippen LogP contribution in [0.3, 0.4) is 0 Å². The van der Waals surface area contributed by atoms with Gasteiger partial charge in [-0.1, -0.05) is 24.3 Å². The number of fused-ring (bicyclic) bond motifs is 1. The standard InChI is InChI=1S/C20H20N4O3/c1-13-4-3-5-16-18(13)23-12-24(20(16)27)11-17(25)22-10-14-6-8-15(9-7-14)19(26)21-2/h3-9,12H,10-11H2,1-2H3,(H,21,26)(H,22,25). The Morgan fingerprint density at radius 3 is 2.56 bits per heavy atom. The van der Waals surface area contributed by atoms with Gasteiger partial charge in [0.2, 0.25) is 5.91 Å². The van der Waals surface area contributed by atoms with Gasteiger partial charge in [-0.3, -0.25) is 19.0 Å². The lowest BCUT2D eigenvalue weighted by atomic mass is 10.1. The second-order valence-corrected chi connectivity index (χ2v) is 6.20. The molecule has 0 aliphatic rings. The minimum atomic E-state index is -0.290. The van der Waals surface area contributed by atoms with Crippen LogP contribution in [0, 0.1) is 6.92 Å². The highest BCUT2D eigenvalue weighted by atomic mass is 16.2. The van der Waals surface area contributed by atoms with E-state index >= 15 is 0 Å². The van der Waals surface area contributed by atoms with E-state index in [2.05, 4.69) is 15.6 Å². The number of para-hydroxylation sites is 1. The number of nitrogens with one attached hydrogen (secondary N) is 2. The molecule has 0 atom stereocenters. The third kappa shape index (κ3) is 4.03. The smallest absolute Gasteiger partial charge is 0.261 e. The van der Waals surface area contributed by atoms with E-state index in [0.717, 1.165) is 11.1 Å². The molecular formula is C20H20N4O3. The highest BCUT2D eigenvalue weighted by Gasteiger charge is 2.09. The minimum absolute atomic E-state index is 0.105. The summed E-state index contributed by atoms with van der Waals surface area (Å²) in [4.78, 5) is 40.5. The summed E-state index contributed by atoms with van der Waals surface area (Å²) in [6.45, 7) is 2.09. The van der Waals surface area contributed by atoms with Crippen LogP contribution in [0.15, 0.2) is 53.6 Å². The molecule has 7 nitrogen and oxygen atoms in total. The summed E-state index contributed by atoms with van der Waals surface area (Å²) in [6, 6.07) is 12.3. The van der Waals surface area contributed by atoms with Crippen LogP contribution in [-0.2, 0) is 17.9 Å². The number of nitrogens with zero attached hydrogens (tertiary/aromatic N) is 2. The Morgan fingerprint density at radius 1 is 1.11 bits per heavy atom. The number of hydrogen-bond donors (Lipinski definition) is 2. The monoisotopic (exact) mass is 364 g/mol. The summed E-state index contributed by atoms with van der Waals surface area (Å²) in [6.07, 6.45) is 1.40. The first kappa shape index (κ1) is 18.3. The number of aromatic nitrogens is 2. The van der Waals surface area contributed by atoms with Gasteiger partial charge >= 0.3 is 0 Å². The fraction of sp³-hybridized carbons (Fsp3) is 0.200. The Bertz CT molecular complexity index is 1060. The number of carbonyl (C=O) groups excluding carboxylic acids is 2. The minimum Gasteiger partial charge on any atom is -0.355 e. The molecule has 0 spiro atoms. The van der Waals surface area contributed by atoms with Crippen LogP contribution >= 0.6 is 0 Å². The van der Waals surface area contributed by atoms with Gasteiger partial charge in [0.15, 0.2) is 0 Å². The van der Waals surface area contributed by atoms with Crippen LogP contribution < -0.4 is 16.2 Å². The van der Waals surface area contributed by atoms with Gasteiger partial charge in [-0.2, -0.15) is 0 Å². The normalized spacial score (nSPS) is 10.6. The van der Waals surface area contributed by atoms with Crippen molar-refractivity contribution in [3.63, 3.8) is 0 Å². The molecule has 2 aromatic carbocycles. The van der Waals surface area contributed by atoms with Gasteiger partial charge in [0.05, 0.1) is 17.2 Å². The molecule has 0 saturated heterocycles. The van der Waals surface area contributed by atoms with E-state index in [0.29, 0.717) is 23.0 Å². The van der Waals surface area contributed by atoms with Crippen LogP contribution in [-0.4, -0.2) is 28.4 Å². The van der Waals surface area contributed by atoms with Crippen molar-refractivity contribution in [2.24, 2.45) is 0 Å². The molecule has 3 aromatic rings. The number of rotatable bonds is 5. The summed E-state index contributed by atoms with van der Waals surface area (Å²) < 4.78 is 1.30. The molecule has 27 heavy (non-hydrogen) atoms. The molecular weight excluding hydrogens is 344 g/mol. The van der Waals surface area contributed by atoms with E-state index in [9.17, 15) is 14.4 Å². The molecule has 1 heterocycles. The van der Waals surface area contributed by atoms with Crippen molar-refractivity contribution in [3.05, 3.63) is 75.8 Å². The first-order chi connectivity index (χ1) is 13.0. The first-order valence-electron chi connectivity index (χ1n) is 8.52. The molecule has 138 valence electrons. The number of hydrogen-bond acceptors (Lipinski definition) is 4. The second kappa shape index (κ2) is 7.82. The molecule has 0 unspecified atom stereocenters. The van der Waals surface area contributed by atoms with Crippen molar-refractivity contribution in [1.82, 2.24) is 20.2 Å². The summed E-state index contributed by atoms with van der Waals surface area (Å²) in [5.41, 5.74) is 2.73. The molecule has 0 aliphatic heterocycles. The van der Waals surface area contributed by atoms with Crippen LogP contribution in [0.4, 0.5) is 0 Å². The predicted octanol–water partition coefficient (Wildman–Crippen LogP) is 1.38. The average Bonchev–Trinajstić information content (AvgIpc) is 2.69. The fourth-order valence-corrected chi connectivity index (χ4v) is 2.78. The van der Waals surface area contributed by atoms with Crippen molar-refractivity contribution >= 4 is 22.7 Å². The average molecular weight is 364 g/mol. The van der Waals surface area contributed by atoms with E-state index < -0.39 is 0 Å². The zero-order chi connectivity index (χ0) is 19.4. The molecule has 0 fully saturated rings. The van der Waals surface area contributed by atoms with Crippen LogP contribution in [0.25, 0.3) is 10.9 Å². The Morgan fingerprint density at radius 2 is 1.85 bits per heavy atom. The second-order valence-electron chi connectivity index (χ2n) is 6.20. The van der Waals surface area contributed by atoms with Crippen molar-refractivity contribution in [2.45, 2.75) is 20.0 Å². The van der Waals surface area contributed by atoms with E-state index in [4.69, 9.17) is 0 Å². The van der Waals surface area contributed by atoms with Crippen molar-refractivity contribution in [3.8, 4) is 0 Å². The Hall–Kier alpha value is -3.48. The number of carbonyl (C=O) groups is 2. The third-order valence-electron chi connectivity index (χ3n) is 4.30. The van der Waals surface area contributed by atoms with Gasteiger partial charge in [-0.25, -0.2) is 4.98 Å². The zero-order valence-electron chi connectivity index (χ0n) is 15.2. The maximum atomic E-state index is 12.5. The predicted molar refractivity (Wildman–Crippen MR) is 102 cm³/mol. The molecule has 2 amide bonds. The maximum absolute atomic E-state index is 12.5. The van der Waals surface area contributed by atoms with E-state index in [1.54, 1.807) is 43.4 Å².